The summed E-state index contributed by atoms with van der Waals surface area (Å²) in [5, 5.41) is 10.2. The average Bonchev–Trinajstić information content (AvgIpc) is 2.34. The maximum Gasteiger partial charge on any atom is 0.405 e. The van der Waals surface area contributed by atoms with Crippen molar-refractivity contribution < 1.29 is 32.2 Å². The number of carbonyl (C=O) groups excluding carboxylic acids is 1. The molecule has 1 rings (SSSR count). The van der Waals surface area contributed by atoms with Gasteiger partial charge in [-0.15, -0.1) is 0 Å². The molecule has 0 saturated heterocycles. The van der Waals surface area contributed by atoms with Crippen molar-refractivity contribution in [1.29, 1.82) is 0 Å². The van der Waals surface area contributed by atoms with Crippen molar-refractivity contribution >= 4 is 5.91 Å². The molecular formula is C10H10F3NO5. The highest BCUT2D eigenvalue weighted by Crippen LogP contribution is 2.12. The van der Waals surface area contributed by atoms with Gasteiger partial charge in [0.15, 0.2) is 6.61 Å². The van der Waals surface area contributed by atoms with Gasteiger partial charge < -0.3 is 19.6 Å². The fourth-order valence-electron chi connectivity index (χ4n) is 1.02. The fraction of sp³-hybridized carbons (Fsp3) is 0.400. The number of aliphatic hydroxyl groups excluding tert-OH is 1. The molecule has 6 nitrogen and oxygen atoms in total. The van der Waals surface area contributed by atoms with Gasteiger partial charge in [-0.05, 0) is 0 Å². The van der Waals surface area contributed by atoms with Crippen LogP contribution in [-0.4, -0.2) is 30.3 Å². The van der Waals surface area contributed by atoms with Crippen LogP contribution in [0, 0.1) is 0 Å². The Labute approximate surface area is 104 Å². The number of amides is 1. The van der Waals surface area contributed by atoms with Crippen molar-refractivity contribution in [2.45, 2.75) is 12.8 Å². The van der Waals surface area contributed by atoms with Gasteiger partial charge in [-0.1, -0.05) is 0 Å². The Morgan fingerprint density at radius 3 is 2.68 bits per heavy atom. The summed E-state index contributed by atoms with van der Waals surface area (Å²) >= 11 is 0. The van der Waals surface area contributed by atoms with E-state index in [0.29, 0.717) is 0 Å². The predicted molar refractivity (Wildman–Crippen MR) is 55.5 cm³/mol. The average molecular weight is 281 g/mol. The summed E-state index contributed by atoms with van der Waals surface area (Å²) in [6, 6.07) is 0.947. The first kappa shape index (κ1) is 15.0. The molecule has 1 heterocycles. The van der Waals surface area contributed by atoms with E-state index in [4.69, 9.17) is 14.3 Å². The van der Waals surface area contributed by atoms with Crippen LogP contribution in [0.2, 0.25) is 0 Å². The topological polar surface area (TPSA) is 88.8 Å². The molecule has 0 aliphatic heterocycles. The van der Waals surface area contributed by atoms with Gasteiger partial charge in [0.05, 0.1) is 0 Å². The first-order chi connectivity index (χ1) is 8.81. The van der Waals surface area contributed by atoms with E-state index in [-0.39, 0.29) is 11.5 Å². The van der Waals surface area contributed by atoms with Crippen molar-refractivity contribution in [3.8, 4) is 5.75 Å². The van der Waals surface area contributed by atoms with Crippen LogP contribution in [0.15, 0.2) is 21.5 Å². The Morgan fingerprint density at radius 1 is 1.47 bits per heavy atom. The number of rotatable bonds is 5. The molecule has 0 unspecified atom stereocenters. The van der Waals surface area contributed by atoms with Gasteiger partial charge in [-0.2, -0.15) is 13.2 Å². The second kappa shape index (κ2) is 6.23. The molecule has 0 bridgehead atoms. The third-order valence-corrected chi connectivity index (χ3v) is 1.85. The minimum atomic E-state index is -4.52. The molecule has 0 aliphatic rings. The van der Waals surface area contributed by atoms with Crippen molar-refractivity contribution in [2.75, 3.05) is 13.2 Å². The molecule has 0 aromatic carbocycles. The minimum Gasteiger partial charge on any atom is -0.477 e. The van der Waals surface area contributed by atoms with Gasteiger partial charge in [0.25, 0.3) is 5.91 Å². The van der Waals surface area contributed by atoms with E-state index >= 15 is 0 Å². The van der Waals surface area contributed by atoms with E-state index < -0.39 is 37.3 Å². The molecule has 0 aliphatic carbocycles. The Bertz CT molecular complexity index is 497. The standard InChI is InChI=1S/C10H10F3NO5/c11-10(12,13)5-14-9(17)4-19-8-3-18-6(2-15)1-7(8)16/h1,3,15H,2,4-5H2,(H,14,17). The molecule has 1 aromatic rings. The molecule has 0 atom stereocenters. The lowest BCUT2D eigenvalue weighted by molar-refractivity contribution is -0.139. The van der Waals surface area contributed by atoms with Crippen LogP contribution in [0.3, 0.4) is 0 Å². The van der Waals surface area contributed by atoms with Crippen molar-refractivity contribution in [3.63, 3.8) is 0 Å². The number of ether oxygens (including phenoxy) is 1. The summed E-state index contributed by atoms with van der Waals surface area (Å²) in [4.78, 5) is 22.3. The molecule has 0 saturated carbocycles. The second-order valence-corrected chi connectivity index (χ2v) is 3.41. The molecular weight excluding hydrogens is 271 g/mol. The lowest BCUT2D eigenvalue weighted by Crippen LogP contribution is -2.36. The van der Waals surface area contributed by atoms with Crippen LogP contribution in [-0.2, 0) is 11.4 Å². The molecule has 0 spiro atoms. The lowest BCUT2D eigenvalue weighted by Gasteiger charge is -2.09. The third-order valence-electron chi connectivity index (χ3n) is 1.85. The summed E-state index contributed by atoms with van der Waals surface area (Å²) in [6.45, 7) is -2.71. The van der Waals surface area contributed by atoms with Crippen molar-refractivity contribution in [1.82, 2.24) is 5.32 Å². The van der Waals surface area contributed by atoms with Gasteiger partial charge >= 0.3 is 6.18 Å². The molecule has 106 valence electrons. The molecule has 2 N–H and O–H groups in total. The zero-order chi connectivity index (χ0) is 14.5. The van der Waals surface area contributed by atoms with Gasteiger partial charge in [0.2, 0.25) is 11.2 Å². The van der Waals surface area contributed by atoms with Gasteiger partial charge in [-0.25, -0.2) is 0 Å². The molecule has 1 aromatic heterocycles. The summed E-state index contributed by atoms with van der Waals surface area (Å²) in [7, 11) is 0. The van der Waals surface area contributed by atoms with Crippen LogP contribution in [0.25, 0.3) is 0 Å². The summed E-state index contributed by atoms with van der Waals surface area (Å²) in [6.07, 6.45) is -3.65. The number of hydrogen-bond acceptors (Lipinski definition) is 5. The SMILES string of the molecule is O=C(COc1coc(CO)cc1=O)NCC(F)(F)F. The smallest absolute Gasteiger partial charge is 0.405 e. The highest BCUT2D eigenvalue weighted by molar-refractivity contribution is 5.77. The Kier molecular flexibility index (Phi) is 4.93. The summed E-state index contributed by atoms with van der Waals surface area (Å²) in [5.74, 6) is -1.36. The number of nitrogens with one attached hydrogen (secondary N) is 1. The van der Waals surface area contributed by atoms with E-state index in [1.54, 1.807) is 5.32 Å². The van der Waals surface area contributed by atoms with Gasteiger partial charge in [0.1, 0.15) is 25.2 Å². The van der Waals surface area contributed by atoms with Crippen molar-refractivity contribution in [2.24, 2.45) is 0 Å². The molecule has 9 heteroatoms. The molecule has 1 amide bonds. The van der Waals surface area contributed by atoms with Crippen LogP contribution < -0.4 is 15.5 Å². The number of carbonyl (C=O) groups is 1. The summed E-state index contributed by atoms with van der Waals surface area (Å²) in [5.41, 5.74) is -0.654. The van der Waals surface area contributed by atoms with Gasteiger partial charge in [0, 0.05) is 6.07 Å². The lowest BCUT2D eigenvalue weighted by atomic mass is 10.4. The highest BCUT2D eigenvalue weighted by Gasteiger charge is 2.27. The van der Waals surface area contributed by atoms with Crippen LogP contribution in [0.1, 0.15) is 5.76 Å². The number of hydrogen-bond donors (Lipinski definition) is 2. The zero-order valence-corrected chi connectivity index (χ0v) is 9.49. The number of alkyl halides is 3. The Hall–Kier alpha value is -2.03. The zero-order valence-electron chi connectivity index (χ0n) is 9.49. The normalized spacial score (nSPS) is 11.2. The van der Waals surface area contributed by atoms with E-state index in [9.17, 15) is 22.8 Å². The predicted octanol–water partition coefficient (Wildman–Crippen LogP) is 0.189. The highest BCUT2D eigenvalue weighted by atomic mass is 19.4. The van der Waals surface area contributed by atoms with Crippen LogP contribution >= 0.6 is 0 Å². The maximum absolute atomic E-state index is 11.8. The Balaban J connectivity index is 2.49. The molecule has 0 radical (unpaired) electrons. The van der Waals surface area contributed by atoms with Gasteiger partial charge in [-0.3, -0.25) is 9.59 Å². The molecule has 19 heavy (non-hydrogen) atoms. The van der Waals surface area contributed by atoms with E-state index in [1.165, 1.54) is 0 Å². The first-order valence-electron chi connectivity index (χ1n) is 5.00. The van der Waals surface area contributed by atoms with E-state index in [0.717, 1.165) is 12.3 Å². The van der Waals surface area contributed by atoms with Crippen LogP contribution in [0.5, 0.6) is 5.75 Å². The third kappa shape index (κ3) is 5.42. The number of halogens is 3. The first-order valence-corrected chi connectivity index (χ1v) is 5.00. The van der Waals surface area contributed by atoms with E-state index in [1.807, 2.05) is 0 Å². The minimum absolute atomic E-state index is 0.00104. The van der Waals surface area contributed by atoms with Crippen molar-refractivity contribution in [3.05, 3.63) is 28.3 Å². The fourth-order valence-corrected chi connectivity index (χ4v) is 1.02. The number of aliphatic hydroxyl groups is 1. The monoisotopic (exact) mass is 281 g/mol. The Morgan fingerprint density at radius 2 is 2.16 bits per heavy atom. The summed E-state index contributed by atoms with van der Waals surface area (Å²) < 4.78 is 44.8. The maximum atomic E-state index is 11.8. The molecule has 0 fully saturated rings. The van der Waals surface area contributed by atoms with E-state index in [2.05, 4.69) is 0 Å². The quantitative estimate of drug-likeness (QED) is 0.804. The van der Waals surface area contributed by atoms with Crippen LogP contribution in [0.4, 0.5) is 13.2 Å². The largest absolute Gasteiger partial charge is 0.477 e. The second-order valence-electron chi connectivity index (χ2n) is 3.41.